The first-order valence-electron chi connectivity index (χ1n) is 7.22. The van der Waals surface area contributed by atoms with Crippen LogP contribution < -0.4 is 19.5 Å². The number of hydrogen-bond acceptors (Lipinski definition) is 7. The second-order valence-corrected chi connectivity index (χ2v) is 5.83. The zero-order valence-electron chi connectivity index (χ0n) is 14.0. The highest BCUT2D eigenvalue weighted by molar-refractivity contribution is 7.17. The van der Waals surface area contributed by atoms with E-state index in [1.807, 2.05) is 0 Å². The molecule has 130 valence electrons. The summed E-state index contributed by atoms with van der Waals surface area (Å²) in [4.78, 5) is 17.1. The Morgan fingerprint density at radius 2 is 1.83 bits per heavy atom. The van der Waals surface area contributed by atoms with Crippen LogP contribution in [0.15, 0.2) is 12.1 Å². The van der Waals surface area contributed by atoms with Gasteiger partial charge < -0.3 is 24.6 Å². The van der Waals surface area contributed by atoms with E-state index < -0.39 is 0 Å². The van der Waals surface area contributed by atoms with E-state index in [1.165, 1.54) is 18.4 Å². The lowest BCUT2D eigenvalue weighted by molar-refractivity contribution is 0.0948. The molecule has 2 N–H and O–H groups in total. The molecule has 0 aliphatic carbocycles. The lowest BCUT2D eigenvalue weighted by Gasteiger charge is -2.13. The molecule has 0 bridgehead atoms. The van der Waals surface area contributed by atoms with Crippen LogP contribution in [0.4, 0.5) is 0 Å². The van der Waals surface area contributed by atoms with Crippen molar-refractivity contribution in [3.05, 3.63) is 22.7 Å². The number of aliphatic hydroxyl groups excluding tert-OH is 1. The minimum Gasteiger partial charge on any atom is -0.493 e. The average molecular weight is 352 g/mol. The number of ether oxygens (including phenoxy) is 3. The van der Waals surface area contributed by atoms with Crippen LogP contribution in [0.3, 0.4) is 0 Å². The molecule has 0 radical (unpaired) electrons. The molecule has 1 aromatic carbocycles. The van der Waals surface area contributed by atoms with Gasteiger partial charge >= 0.3 is 0 Å². The van der Waals surface area contributed by atoms with Crippen molar-refractivity contribution in [1.29, 1.82) is 0 Å². The first kappa shape index (κ1) is 18.0. The van der Waals surface area contributed by atoms with Gasteiger partial charge in [0.25, 0.3) is 5.91 Å². The molecule has 24 heavy (non-hydrogen) atoms. The van der Waals surface area contributed by atoms with Gasteiger partial charge in [-0.05, 0) is 19.1 Å². The molecule has 0 aliphatic heterocycles. The average Bonchev–Trinajstić information content (AvgIpc) is 3.00. The molecule has 0 spiro atoms. The van der Waals surface area contributed by atoms with E-state index in [9.17, 15) is 4.79 Å². The van der Waals surface area contributed by atoms with Gasteiger partial charge in [0, 0.05) is 12.1 Å². The second-order valence-electron chi connectivity index (χ2n) is 4.83. The summed E-state index contributed by atoms with van der Waals surface area (Å²) in [5, 5.41) is 12.1. The van der Waals surface area contributed by atoms with Gasteiger partial charge in [0.15, 0.2) is 11.5 Å². The SMILES string of the molecule is COc1cc(-c2nc(C)c(C(=O)NCCO)s2)cc(OC)c1OC. The zero-order chi connectivity index (χ0) is 17.7. The summed E-state index contributed by atoms with van der Waals surface area (Å²) in [7, 11) is 4.63. The van der Waals surface area contributed by atoms with Crippen LogP contribution in [-0.4, -0.2) is 50.5 Å². The van der Waals surface area contributed by atoms with Crippen molar-refractivity contribution in [2.45, 2.75) is 6.92 Å². The smallest absolute Gasteiger partial charge is 0.263 e. The lowest BCUT2D eigenvalue weighted by atomic mass is 10.2. The second kappa shape index (κ2) is 7.98. The largest absolute Gasteiger partial charge is 0.493 e. The Bertz CT molecular complexity index is 704. The van der Waals surface area contributed by atoms with Crippen molar-refractivity contribution >= 4 is 17.2 Å². The van der Waals surface area contributed by atoms with E-state index in [1.54, 1.807) is 33.3 Å². The van der Waals surface area contributed by atoms with Crippen molar-refractivity contribution in [3.8, 4) is 27.8 Å². The fraction of sp³-hybridized carbons (Fsp3) is 0.375. The minimum absolute atomic E-state index is 0.108. The molecule has 0 atom stereocenters. The van der Waals surface area contributed by atoms with Crippen molar-refractivity contribution in [2.75, 3.05) is 34.5 Å². The summed E-state index contributed by atoms with van der Waals surface area (Å²) in [6.45, 7) is 1.87. The number of aliphatic hydroxyl groups is 1. The maximum Gasteiger partial charge on any atom is 0.263 e. The lowest BCUT2D eigenvalue weighted by Crippen LogP contribution is -2.26. The number of nitrogens with zero attached hydrogens (tertiary/aromatic N) is 1. The molecule has 1 aromatic heterocycles. The number of amides is 1. The highest BCUT2D eigenvalue weighted by atomic mass is 32.1. The van der Waals surface area contributed by atoms with Gasteiger partial charge in [-0.15, -0.1) is 11.3 Å². The van der Waals surface area contributed by atoms with Crippen LogP contribution in [0, 0.1) is 6.92 Å². The van der Waals surface area contributed by atoms with Crippen LogP contribution in [0.1, 0.15) is 15.4 Å². The number of carbonyl (C=O) groups excluding carboxylic acids is 1. The maximum atomic E-state index is 12.1. The molecule has 1 amide bonds. The number of rotatable bonds is 7. The van der Waals surface area contributed by atoms with E-state index in [-0.39, 0.29) is 19.1 Å². The molecule has 2 rings (SSSR count). The summed E-state index contributed by atoms with van der Waals surface area (Å²) in [6.07, 6.45) is 0. The Balaban J connectivity index is 2.44. The number of hydrogen-bond donors (Lipinski definition) is 2. The molecular weight excluding hydrogens is 332 g/mol. The van der Waals surface area contributed by atoms with Gasteiger partial charge in [-0.3, -0.25) is 4.79 Å². The van der Waals surface area contributed by atoms with Crippen LogP contribution in [0.2, 0.25) is 0 Å². The molecule has 0 saturated heterocycles. The van der Waals surface area contributed by atoms with Gasteiger partial charge in [-0.2, -0.15) is 0 Å². The van der Waals surface area contributed by atoms with Crippen LogP contribution >= 0.6 is 11.3 Å². The third kappa shape index (κ3) is 3.60. The Kier molecular flexibility index (Phi) is 5.99. The highest BCUT2D eigenvalue weighted by Gasteiger charge is 2.19. The number of aryl methyl sites for hydroxylation is 1. The highest BCUT2D eigenvalue weighted by Crippen LogP contribution is 2.42. The standard InChI is InChI=1S/C16H20N2O5S/c1-9-14(15(20)17-5-6-19)24-16(18-9)10-7-11(21-2)13(23-4)12(8-10)22-3/h7-8,19H,5-6H2,1-4H3,(H,17,20). The molecular formula is C16H20N2O5S. The van der Waals surface area contributed by atoms with E-state index in [0.717, 1.165) is 5.56 Å². The maximum absolute atomic E-state index is 12.1. The number of aromatic nitrogens is 1. The third-order valence-corrected chi connectivity index (χ3v) is 4.52. The predicted octanol–water partition coefficient (Wildman–Crippen LogP) is 1.87. The molecule has 1 heterocycles. The molecule has 2 aromatic rings. The number of nitrogens with one attached hydrogen (secondary N) is 1. The van der Waals surface area contributed by atoms with Crippen molar-refractivity contribution < 1.29 is 24.1 Å². The van der Waals surface area contributed by atoms with Crippen molar-refractivity contribution in [2.24, 2.45) is 0 Å². The summed E-state index contributed by atoms with van der Waals surface area (Å²) in [5.41, 5.74) is 1.39. The van der Waals surface area contributed by atoms with Crippen LogP contribution in [0.5, 0.6) is 17.2 Å². The van der Waals surface area contributed by atoms with E-state index in [2.05, 4.69) is 10.3 Å². The number of methoxy groups -OCH3 is 3. The minimum atomic E-state index is -0.252. The topological polar surface area (TPSA) is 89.9 Å². The third-order valence-electron chi connectivity index (χ3n) is 3.31. The fourth-order valence-electron chi connectivity index (χ4n) is 2.18. The van der Waals surface area contributed by atoms with E-state index in [0.29, 0.717) is 32.8 Å². The van der Waals surface area contributed by atoms with E-state index >= 15 is 0 Å². The molecule has 0 unspecified atom stereocenters. The molecule has 0 fully saturated rings. The van der Waals surface area contributed by atoms with Gasteiger partial charge in [0.2, 0.25) is 5.75 Å². The summed E-state index contributed by atoms with van der Waals surface area (Å²) < 4.78 is 16.0. The molecule has 7 nitrogen and oxygen atoms in total. The first-order valence-corrected chi connectivity index (χ1v) is 8.04. The van der Waals surface area contributed by atoms with Crippen molar-refractivity contribution in [1.82, 2.24) is 10.3 Å². The molecule has 8 heteroatoms. The Morgan fingerprint density at radius 1 is 1.21 bits per heavy atom. The molecule has 0 aliphatic rings. The van der Waals surface area contributed by atoms with Gasteiger partial charge in [0.05, 0.1) is 33.6 Å². The zero-order valence-corrected chi connectivity index (χ0v) is 14.8. The number of carbonyl (C=O) groups is 1. The normalized spacial score (nSPS) is 10.4. The van der Waals surface area contributed by atoms with Gasteiger partial charge in [-0.25, -0.2) is 4.98 Å². The summed E-state index contributed by atoms with van der Waals surface area (Å²) in [6, 6.07) is 3.57. The quantitative estimate of drug-likeness (QED) is 0.791. The Hall–Kier alpha value is -2.32. The number of thiazole rings is 1. The predicted molar refractivity (Wildman–Crippen MR) is 91.4 cm³/mol. The van der Waals surface area contributed by atoms with Crippen molar-refractivity contribution in [3.63, 3.8) is 0 Å². The number of benzene rings is 1. The van der Waals surface area contributed by atoms with E-state index in [4.69, 9.17) is 19.3 Å². The monoisotopic (exact) mass is 352 g/mol. The Labute approximate surface area is 144 Å². The first-order chi connectivity index (χ1) is 11.5. The van der Waals surface area contributed by atoms with Crippen LogP contribution in [-0.2, 0) is 0 Å². The summed E-state index contributed by atoms with van der Waals surface area (Å²) >= 11 is 1.27. The van der Waals surface area contributed by atoms with Crippen LogP contribution in [0.25, 0.3) is 10.6 Å². The molecule has 0 saturated carbocycles. The van der Waals surface area contributed by atoms with Gasteiger partial charge in [0.1, 0.15) is 9.88 Å². The fourth-order valence-corrected chi connectivity index (χ4v) is 3.15. The van der Waals surface area contributed by atoms with Gasteiger partial charge in [-0.1, -0.05) is 0 Å². The summed E-state index contributed by atoms with van der Waals surface area (Å²) in [5.74, 6) is 1.28. The Morgan fingerprint density at radius 3 is 2.33 bits per heavy atom.